The zero-order valence-corrected chi connectivity index (χ0v) is 14.2. The van der Waals surface area contributed by atoms with Gasteiger partial charge in [-0.15, -0.1) is 0 Å². The van der Waals surface area contributed by atoms with E-state index in [4.69, 9.17) is 8.94 Å². The molecule has 0 saturated carbocycles. The van der Waals surface area contributed by atoms with Crippen molar-refractivity contribution in [2.75, 3.05) is 0 Å². The van der Waals surface area contributed by atoms with E-state index in [-0.39, 0.29) is 12.4 Å². The number of hydrogen-bond donors (Lipinski definition) is 1. The van der Waals surface area contributed by atoms with Crippen LogP contribution in [-0.2, 0) is 16.9 Å². The highest BCUT2D eigenvalue weighted by molar-refractivity contribution is 6.06. The molecule has 0 aliphatic carbocycles. The van der Waals surface area contributed by atoms with Crippen LogP contribution in [0.15, 0.2) is 51.6 Å². The minimum absolute atomic E-state index is 0.0870. The van der Waals surface area contributed by atoms with Crippen molar-refractivity contribution in [2.45, 2.75) is 25.9 Å². The molecule has 3 amide bonds. The van der Waals surface area contributed by atoms with Crippen molar-refractivity contribution in [2.24, 2.45) is 0 Å². The fraction of sp³-hybridized carbons (Fsp3) is 0.222. The largest absolute Gasteiger partial charge is 0.466 e. The molecule has 8 nitrogen and oxygen atoms in total. The summed E-state index contributed by atoms with van der Waals surface area (Å²) in [5.74, 6) is 0.518. The Morgan fingerprint density at radius 1 is 1.23 bits per heavy atom. The number of furan rings is 1. The number of benzene rings is 1. The molecule has 1 N–H and O–H groups in total. The second kappa shape index (κ2) is 5.83. The van der Waals surface area contributed by atoms with E-state index >= 15 is 0 Å². The molecule has 132 valence electrons. The number of rotatable bonds is 4. The molecule has 3 aromatic rings. The number of carbonyl (C=O) groups is 2. The van der Waals surface area contributed by atoms with Crippen molar-refractivity contribution in [1.82, 2.24) is 20.4 Å². The predicted molar refractivity (Wildman–Crippen MR) is 89.6 cm³/mol. The van der Waals surface area contributed by atoms with Crippen molar-refractivity contribution < 1.29 is 18.5 Å². The first kappa shape index (κ1) is 16.1. The lowest BCUT2D eigenvalue weighted by molar-refractivity contribution is -0.132. The van der Waals surface area contributed by atoms with Crippen LogP contribution in [0.1, 0.15) is 24.1 Å². The monoisotopic (exact) mass is 352 g/mol. The Bertz CT molecular complexity index is 979. The van der Waals surface area contributed by atoms with Crippen molar-refractivity contribution in [3.05, 3.63) is 59.8 Å². The smallest absolute Gasteiger partial charge is 0.325 e. The Morgan fingerprint density at radius 2 is 2.08 bits per heavy atom. The minimum Gasteiger partial charge on any atom is -0.466 e. The van der Waals surface area contributed by atoms with Crippen LogP contribution in [0.5, 0.6) is 0 Å². The van der Waals surface area contributed by atoms with Crippen molar-refractivity contribution in [3.8, 4) is 11.5 Å². The zero-order valence-electron chi connectivity index (χ0n) is 14.2. The first-order chi connectivity index (χ1) is 12.5. The number of amides is 3. The topological polar surface area (TPSA) is 101 Å². The van der Waals surface area contributed by atoms with Crippen LogP contribution in [0.3, 0.4) is 0 Å². The van der Waals surface area contributed by atoms with E-state index in [1.165, 1.54) is 6.26 Å². The summed E-state index contributed by atoms with van der Waals surface area (Å²) in [5.41, 5.74) is 0.593. The van der Waals surface area contributed by atoms with Crippen LogP contribution in [0, 0.1) is 6.92 Å². The van der Waals surface area contributed by atoms with Crippen molar-refractivity contribution in [3.63, 3.8) is 0 Å². The maximum atomic E-state index is 12.8. The molecule has 1 atom stereocenters. The van der Waals surface area contributed by atoms with E-state index in [1.807, 2.05) is 31.2 Å². The van der Waals surface area contributed by atoms with Crippen LogP contribution >= 0.6 is 0 Å². The van der Waals surface area contributed by atoms with E-state index < -0.39 is 17.5 Å². The molecule has 1 aliphatic heterocycles. The molecule has 1 aromatic carbocycles. The molecule has 0 bridgehead atoms. The van der Waals surface area contributed by atoms with E-state index in [1.54, 1.807) is 19.1 Å². The van der Waals surface area contributed by atoms with Crippen molar-refractivity contribution >= 4 is 11.9 Å². The van der Waals surface area contributed by atoms with Gasteiger partial charge in [0.05, 0.1) is 12.8 Å². The summed E-state index contributed by atoms with van der Waals surface area (Å²) >= 11 is 0. The molecule has 4 rings (SSSR count). The third-order valence-electron chi connectivity index (χ3n) is 4.32. The number of nitrogens with one attached hydrogen (secondary N) is 1. The number of nitrogens with zero attached hydrogens (tertiary/aromatic N) is 3. The standard InChI is InChI=1S/C18H16N4O4/c1-11-5-3-6-12(9-11)15-19-14(21-26-15)10-22-16(23)18(2,20-17(22)24)13-7-4-8-25-13/h3-9H,10H2,1-2H3,(H,20,24). The second-order valence-electron chi connectivity index (χ2n) is 6.31. The Hall–Kier alpha value is -3.42. The fourth-order valence-corrected chi connectivity index (χ4v) is 2.93. The first-order valence-corrected chi connectivity index (χ1v) is 8.05. The lowest BCUT2D eigenvalue weighted by Gasteiger charge is -2.18. The molecular weight excluding hydrogens is 336 g/mol. The Kier molecular flexibility index (Phi) is 3.61. The van der Waals surface area contributed by atoms with E-state index in [0.717, 1.165) is 16.0 Å². The van der Waals surface area contributed by atoms with Gasteiger partial charge in [-0.25, -0.2) is 4.79 Å². The first-order valence-electron chi connectivity index (χ1n) is 8.05. The van der Waals surface area contributed by atoms with Crippen LogP contribution in [0.4, 0.5) is 4.79 Å². The molecule has 3 heterocycles. The van der Waals surface area contributed by atoms with Gasteiger partial charge in [0.25, 0.3) is 11.8 Å². The summed E-state index contributed by atoms with van der Waals surface area (Å²) in [6, 6.07) is 10.4. The number of aromatic nitrogens is 2. The number of carbonyl (C=O) groups excluding carboxylic acids is 2. The van der Waals surface area contributed by atoms with Crippen LogP contribution in [0.2, 0.25) is 0 Å². The molecule has 1 unspecified atom stereocenters. The van der Waals surface area contributed by atoms with E-state index in [2.05, 4.69) is 15.5 Å². The average Bonchev–Trinajstić information content (AvgIpc) is 3.34. The zero-order chi connectivity index (χ0) is 18.3. The molecule has 2 aromatic heterocycles. The highest BCUT2D eigenvalue weighted by Gasteiger charge is 2.51. The molecule has 1 fully saturated rings. The average molecular weight is 352 g/mol. The maximum Gasteiger partial charge on any atom is 0.325 e. The van der Waals surface area contributed by atoms with Gasteiger partial charge in [-0.2, -0.15) is 4.98 Å². The van der Waals surface area contributed by atoms with Gasteiger partial charge in [-0.05, 0) is 38.1 Å². The van der Waals surface area contributed by atoms with Crippen molar-refractivity contribution in [1.29, 1.82) is 0 Å². The lowest BCUT2D eigenvalue weighted by atomic mass is 9.99. The Morgan fingerprint density at radius 3 is 2.81 bits per heavy atom. The molecule has 26 heavy (non-hydrogen) atoms. The SMILES string of the molecule is Cc1cccc(-c2nc(CN3C(=O)NC(C)(c4ccco4)C3=O)no2)c1. The summed E-state index contributed by atoms with van der Waals surface area (Å²) in [7, 11) is 0. The Labute approximate surface area is 148 Å². The molecule has 0 radical (unpaired) electrons. The van der Waals surface area contributed by atoms with E-state index in [9.17, 15) is 9.59 Å². The van der Waals surface area contributed by atoms with Gasteiger partial charge < -0.3 is 14.3 Å². The third kappa shape index (κ3) is 2.55. The lowest BCUT2D eigenvalue weighted by Crippen LogP contribution is -2.40. The molecule has 1 aliphatic rings. The van der Waals surface area contributed by atoms with Gasteiger partial charge in [-0.3, -0.25) is 9.69 Å². The van der Waals surface area contributed by atoms with Crippen LogP contribution in [0.25, 0.3) is 11.5 Å². The minimum atomic E-state index is -1.25. The van der Waals surface area contributed by atoms with Gasteiger partial charge in [0, 0.05) is 5.56 Å². The fourth-order valence-electron chi connectivity index (χ4n) is 2.93. The number of aryl methyl sites for hydroxylation is 1. The Balaban J connectivity index is 1.56. The quantitative estimate of drug-likeness (QED) is 0.724. The highest BCUT2D eigenvalue weighted by atomic mass is 16.5. The van der Waals surface area contributed by atoms with Gasteiger partial charge in [0.2, 0.25) is 0 Å². The summed E-state index contributed by atoms with van der Waals surface area (Å²) in [6.45, 7) is 3.47. The van der Waals surface area contributed by atoms with Gasteiger partial charge in [0.1, 0.15) is 5.76 Å². The second-order valence-corrected chi connectivity index (χ2v) is 6.31. The highest BCUT2D eigenvalue weighted by Crippen LogP contribution is 2.30. The van der Waals surface area contributed by atoms with Crippen LogP contribution in [-0.4, -0.2) is 27.0 Å². The summed E-state index contributed by atoms with van der Waals surface area (Å²) in [4.78, 5) is 30.4. The summed E-state index contributed by atoms with van der Waals surface area (Å²) in [6.07, 6.45) is 1.45. The van der Waals surface area contributed by atoms with E-state index in [0.29, 0.717) is 11.7 Å². The molecule has 1 saturated heterocycles. The molecule has 0 spiro atoms. The number of hydrogen-bond acceptors (Lipinski definition) is 6. The van der Waals surface area contributed by atoms with Gasteiger partial charge in [0.15, 0.2) is 11.4 Å². The molecular formula is C18H16N4O4. The normalized spacial score (nSPS) is 19.8. The number of imide groups is 1. The predicted octanol–water partition coefficient (Wildman–Crippen LogP) is 2.61. The molecule has 8 heteroatoms. The third-order valence-corrected chi connectivity index (χ3v) is 4.32. The summed E-state index contributed by atoms with van der Waals surface area (Å²) < 4.78 is 10.6. The van der Waals surface area contributed by atoms with Gasteiger partial charge >= 0.3 is 6.03 Å². The summed E-state index contributed by atoms with van der Waals surface area (Å²) in [5, 5.41) is 6.54. The van der Waals surface area contributed by atoms with Crippen LogP contribution < -0.4 is 5.32 Å². The van der Waals surface area contributed by atoms with Gasteiger partial charge in [-0.1, -0.05) is 22.9 Å². The number of urea groups is 1. The maximum absolute atomic E-state index is 12.8.